The van der Waals surface area contributed by atoms with Gasteiger partial charge in [0.2, 0.25) is 9.84 Å². The molecule has 0 radical (unpaired) electrons. The second-order valence-electron chi connectivity index (χ2n) is 4.06. The van der Waals surface area contributed by atoms with Crippen molar-refractivity contribution in [3.05, 3.63) is 46.2 Å². The van der Waals surface area contributed by atoms with Crippen molar-refractivity contribution in [2.45, 2.75) is 17.2 Å². The first-order valence-corrected chi connectivity index (χ1v) is 8.14. The van der Waals surface area contributed by atoms with E-state index in [0.717, 1.165) is 17.0 Å². The van der Waals surface area contributed by atoms with E-state index in [1.807, 2.05) is 12.1 Å². The lowest BCUT2D eigenvalue weighted by atomic mass is 10.3. The molecule has 1 heterocycles. The average molecular weight is 328 g/mol. The van der Waals surface area contributed by atoms with Crippen LogP contribution in [0.25, 0.3) is 0 Å². The fourth-order valence-corrected chi connectivity index (χ4v) is 3.05. The number of nitrogens with zero attached hydrogens (tertiary/aromatic N) is 1. The number of nitrogens with one attached hydrogen (secondary N) is 1. The van der Waals surface area contributed by atoms with E-state index in [4.69, 9.17) is 5.26 Å². The molecule has 8 heteroatoms. The van der Waals surface area contributed by atoms with Gasteiger partial charge in [-0.2, -0.15) is 14.0 Å². The highest BCUT2D eigenvalue weighted by molar-refractivity contribution is 7.91. The first kappa shape index (κ1) is 15.4. The van der Waals surface area contributed by atoms with Crippen LogP contribution in [0.2, 0.25) is 0 Å². The maximum atomic E-state index is 12.4. The Bertz CT molecular complexity index is 762. The minimum atomic E-state index is -4.56. The molecule has 21 heavy (non-hydrogen) atoms. The highest BCUT2D eigenvalue weighted by atomic mass is 32.2. The molecule has 0 amide bonds. The molecule has 1 N–H and O–H groups in total. The normalized spacial score (nSPS) is 11.3. The lowest BCUT2D eigenvalue weighted by Crippen LogP contribution is -2.11. The van der Waals surface area contributed by atoms with Crippen LogP contribution in [0, 0.1) is 11.3 Å². The van der Waals surface area contributed by atoms with Gasteiger partial charge in [-0.25, -0.2) is 8.42 Å². The Morgan fingerprint density at radius 2 is 1.86 bits per heavy atom. The molecule has 0 saturated carbocycles. The van der Waals surface area contributed by atoms with E-state index in [-0.39, 0.29) is 0 Å². The molecule has 2 aromatic rings. The molecule has 1 aromatic carbocycles. The van der Waals surface area contributed by atoms with Gasteiger partial charge in [-0.1, -0.05) is 0 Å². The Labute approximate surface area is 124 Å². The van der Waals surface area contributed by atoms with Crippen molar-refractivity contribution < 1.29 is 17.2 Å². The smallest absolute Gasteiger partial charge is 0.341 e. The van der Waals surface area contributed by atoms with Crippen molar-refractivity contribution in [1.82, 2.24) is 0 Å². The van der Waals surface area contributed by atoms with E-state index in [2.05, 4.69) is 5.32 Å². The van der Waals surface area contributed by atoms with Crippen LogP contribution >= 0.6 is 11.3 Å². The van der Waals surface area contributed by atoms with Crippen LogP contribution in [0.4, 0.5) is 14.5 Å². The van der Waals surface area contributed by atoms with Crippen LogP contribution in [0.3, 0.4) is 0 Å². The van der Waals surface area contributed by atoms with Gasteiger partial charge in [-0.05, 0) is 36.4 Å². The van der Waals surface area contributed by atoms with E-state index >= 15 is 0 Å². The summed E-state index contributed by atoms with van der Waals surface area (Å²) in [5.41, 5.74) is 0.607. The standard InChI is InChI=1S/C13H10F2N2O2S2/c14-13(15)21(18,19)12-5-1-9(2-6-12)17-8-11-4-3-10(7-16)20-11/h1-6,13,17H,8H2. The van der Waals surface area contributed by atoms with Crippen LogP contribution < -0.4 is 5.32 Å². The van der Waals surface area contributed by atoms with Crippen LogP contribution in [-0.2, 0) is 16.4 Å². The van der Waals surface area contributed by atoms with E-state index in [1.54, 1.807) is 6.07 Å². The summed E-state index contributed by atoms with van der Waals surface area (Å²) < 4.78 is 47.3. The topological polar surface area (TPSA) is 70.0 Å². The summed E-state index contributed by atoms with van der Waals surface area (Å²) in [6.07, 6.45) is 0. The molecule has 4 nitrogen and oxygen atoms in total. The quantitative estimate of drug-likeness (QED) is 0.915. The van der Waals surface area contributed by atoms with Gasteiger partial charge in [0.15, 0.2) is 0 Å². The number of hydrogen-bond acceptors (Lipinski definition) is 5. The molecule has 0 atom stereocenters. The summed E-state index contributed by atoms with van der Waals surface area (Å²) in [5.74, 6) is -3.42. The zero-order chi connectivity index (χ0) is 15.5. The molecule has 110 valence electrons. The van der Waals surface area contributed by atoms with Gasteiger partial charge in [0.05, 0.1) is 4.90 Å². The first-order valence-electron chi connectivity index (χ1n) is 5.78. The number of rotatable bonds is 5. The van der Waals surface area contributed by atoms with Gasteiger partial charge in [0.25, 0.3) is 0 Å². The van der Waals surface area contributed by atoms with Crippen molar-refractivity contribution in [3.63, 3.8) is 0 Å². The first-order chi connectivity index (χ1) is 9.93. The summed E-state index contributed by atoms with van der Waals surface area (Å²) in [7, 11) is -4.56. The number of nitriles is 1. The van der Waals surface area contributed by atoms with Crippen LogP contribution in [0.1, 0.15) is 9.75 Å². The zero-order valence-electron chi connectivity index (χ0n) is 10.6. The molecular formula is C13H10F2N2O2S2. The summed E-state index contributed by atoms with van der Waals surface area (Å²) in [5, 5.41) is 11.7. The third-order valence-corrected chi connectivity index (χ3v) is 5.04. The Hall–Kier alpha value is -1.98. The molecule has 0 aliphatic heterocycles. The van der Waals surface area contributed by atoms with Gasteiger partial charge in [0, 0.05) is 17.1 Å². The number of halogens is 2. The molecular weight excluding hydrogens is 318 g/mol. The van der Waals surface area contributed by atoms with Crippen LogP contribution in [0.15, 0.2) is 41.3 Å². The van der Waals surface area contributed by atoms with E-state index in [1.165, 1.54) is 23.5 Å². The number of anilines is 1. The Balaban J connectivity index is 2.05. The minimum Gasteiger partial charge on any atom is -0.380 e. The van der Waals surface area contributed by atoms with Crippen molar-refractivity contribution in [2.24, 2.45) is 0 Å². The number of thiophene rings is 1. The number of hydrogen-bond donors (Lipinski definition) is 1. The maximum absolute atomic E-state index is 12.4. The second kappa shape index (κ2) is 6.20. The lowest BCUT2D eigenvalue weighted by Gasteiger charge is -2.07. The van der Waals surface area contributed by atoms with E-state index in [0.29, 0.717) is 17.1 Å². The highest BCUT2D eigenvalue weighted by Gasteiger charge is 2.26. The largest absolute Gasteiger partial charge is 0.380 e. The Morgan fingerprint density at radius 1 is 1.19 bits per heavy atom. The van der Waals surface area contributed by atoms with Crippen molar-refractivity contribution >= 4 is 26.9 Å². The van der Waals surface area contributed by atoms with Crippen molar-refractivity contribution in [1.29, 1.82) is 5.26 Å². The number of alkyl halides is 2. The van der Waals surface area contributed by atoms with Crippen LogP contribution in [0.5, 0.6) is 0 Å². The summed E-state index contributed by atoms with van der Waals surface area (Å²) in [6.45, 7) is 0.466. The molecule has 1 aromatic heterocycles. The van der Waals surface area contributed by atoms with Crippen LogP contribution in [-0.4, -0.2) is 14.2 Å². The fourth-order valence-electron chi connectivity index (χ4n) is 1.59. The van der Waals surface area contributed by atoms with Gasteiger partial charge in [-0.3, -0.25) is 0 Å². The lowest BCUT2D eigenvalue weighted by molar-refractivity contribution is 0.234. The third kappa shape index (κ3) is 3.56. The SMILES string of the molecule is N#Cc1ccc(CNc2ccc(S(=O)(=O)C(F)F)cc2)s1. The molecule has 0 fully saturated rings. The Morgan fingerprint density at radius 3 is 2.38 bits per heavy atom. The summed E-state index contributed by atoms with van der Waals surface area (Å²) >= 11 is 1.34. The third-order valence-electron chi connectivity index (χ3n) is 2.66. The molecule has 0 aliphatic carbocycles. The molecule has 0 aliphatic rings. The summed E-state index contributed by atoms with van der Waals surface area (Å²) in [4.78, 5) is 1.13. The molecule has 0 bridgehead atoms. The zero-order valence-corrected chi connectivity index (χ0v) is 12.2. The molecule has 0 unspecified atom stereocenters. The molecule has 0 saturated heterocycles. The highest BCUT2D eigenvalue weighted by Crippen LogP contribution is 2.21. The Kier molecular flexibility index (Phi) is 4.55. The van der Waals surface area contributed by atoms with Gasteiger partial charge >= 0.3 is 5.76 Å². The predicted molar refractivity (Wildman–Crippen MR) is 76.0 cm³/mol. The monoisotopic (exact) mass is 328 g/mol. The van der Waals surface area contributed by atoms with Gasteiger partial charge < -0.3 is 5.32 Å². The van der Waals surface area contributed by atoms with Gasteiger partial charge in [0.1, 0.15) is 10.9 Å². The van der Waals surface area contributed by atoms with Crippen molar-refractivity contribution in [3.8, 4) is 6.07 Å². The predicted octanol–water partition coefficient (Wildman–Crippen LogP) is 3.23. The van der Waals surface area contributed by atoms with E-state index in [9.17, 15) is 17.2 Å². The molecule has 0 spiro atoms. The number of benzene rings is 1. The molecule has 2 rings (SSSR count). The van der Waals surface area contributed by atoms with Gasteiger partial charge in [-0.15, -0.1) is 11.3 Å². The summed E-state index contributed by atoms with van der Waals surface area (Å²) in [6, 6.07) is 10.7. The average Bonchev–Trinajstić information content (AvgIpc) is 2.93. The minimum absolute atomic E-state index is 0.411. The number of sulfone groups is 1. The van der Waals surface area contributed by atoms with E-state index < -0.39 is 20.5 Å². The second-order valence-corrected chi connectivity index (χ2v) is 7.15. The van der Waals surface area contributed by atoms with Crippen molar-refractivity contribution in [2.75, 3.05) is 5.32 Å². The maximum Gasteiger partial charge on any atom is 0.341 e. The fraction of sp³-hybridized carbons (Fsp3) is 0.154.